The van der Waals surface area contributed by atoms with E-state index in [0.717, 1.165) is 27.1 Å². The fourth-order valence-corrected chi connectivity index (χ4v) is 3.34. The first-order chi connectivity index (χ1) is 10.2. The van der Waals surface area contributed by atoms with Gasteiger partial charge in [0.15, 0.2) is 0 Å². The summed E-state index contributed by atoms with van der Waals surface area (Å²) in [4.78, 5) is 13.1. The molecule has 0 saturated carbocycles. The maximum absolute atomic E-state index is 12.0. The first-order valence-electron chi connectivity index (χ1n) is 6.71. The van der Waals surface area contributed by atoms with E-state index in [0.29, 0.717) is 12.2 Å². The molecule has 0 spiro atoms. The molecule has 0 bridgehead atoms. The molecule has 2 aromatic carbocycles. The number of halogens is 1. The lowest BCUT2D eigenvalue weighted by Gasteiger charge is -2.05. The molecule has 0 aromatic heterocycles. The van der Waals surface area contributed by atoms with Gasteiger partial charge in [0, 0.05) is 15.8 Å². The highest BCUT2D eigenvalue weighted by molar-refractivity contribution is 9.10. The summed E-state index contributed by atoms with van der Waals surface area (Å²) in [5.74, 6) is 1.62. The molecule has 110 valence electrons. The number of carbonyl (C=O) groups excluding carboxylic acids is 1. The van der Waals surface area contributed by atoms with E-state index in [9.17, 15) is 4.79 Å². The lowest BCUT2D eigenvalue weighted by atomic mass is 10.1. The Morgan fingerprint density at radius 1 is 1.14 bits per heavy atom. The molecule has 0 heterocycles. The van der Waals surface area contributed by atoms with Gasteiger partial charge in [-0.05, 0) is 52.2 Å². The number of Topliss-reactive ketones (excluding diaryl/α,β-unsaturated/α-hetero) is 1. The smallest absolute Gasteiger partial charge is 0.143 e. The van der Waals surface area contributed by atoms with E-state index in [1.807, 2.05) is 48.5 Å². The number of aryl methyl sites for hydroxylation is 1. The Bertz CT molecular complexity index is 596. The molecule has 2 rings (SSSR count). The summed E-state index contributed by atoms with van der Waals surface area (Å²) in [6, 6.07) is 15.8. The van der Waals surface area contributed by atoms with Gasteiger partial charge in [0.05, 0.1) is 12.9 Å². The Hall–Kier alpha value is -1.26. The van der Waals surface area contributed by atoms with Crippen molar-refractivity contribution < 1.29 is 9.53 Å². The van der Waals surface area contributed by atoms with Crippen LogP contribution >= 0.6 is 27.7 Å². The van der Waals surface area contributed by atoms with E-state index in [1.54, 1.807) is 18.9 Å². The second-order valence-corrected chi connectivity index (χ2v) is 6.48. The lowest BCUT2D eigenvalue weighted by molar-refractivity contribution is -0.116. The second kappa shape index (κ2) is 8.25. The minimum atomic E-state index is 0.270. The Labute approximate surface area is 138 Å². The van der Waals surface area contributed by atoms with Crippen molar-refractivity contribution in [1.82, 2.24) is 0 Å². The summed E-state index contributed by atoms with van der Waals surface area (Å²) in [5, 5.41) is 0. The number of benzene rings is 2. The average molecular weight is 365 g/mol. The third-order valence-corrected chi connectivity index (χ3v) is 5.16. The molecule has 2 aromatic rings. The first kappa shape index (κ1) is 16.1. The molecule has 0 N–H and O–H groups in total. The minimum absolute atomic E-state index is 0.270. The molecule has 0 saturated heterocycles. The monoisotopic (exact) mass is 364 g/mol. The van der Waals surface area contributed by atoms with E-state index < -0.39 is 0 Å². The Morgan fingerprint density at radius 3 is 2.52 bits per heavy atom. The van der Waals surface area contributed by atoms with Crippen LogP contribution in [0.2, 0.25) is 0 Å². The summed E-state index contributed by atoms with van der Waals surface area (Å²) < 4.78 is 6.16. The van der Waals surface area contributed by atoms with Gasteiger partial charge in [-0.15, -0.1) is 11.8 Å². The number of hydrogen-bond donors (Lipinski definition) is 0. The number of methoxy groups -OCH3 is 1. The van der Waals surface area contributed by atoms with Gasteiger partial charge < -0.3 is 4.74 Å². The molecule has 0 atom stereocenters. The highest BCUT2D eigenvalue weighted by atomic mass is 79.9. The predicted molar refractivity (Wildman–Crippen MR) is 91.2 cm³/mol. The topological polar surface area (TPSA) is 26.3 Å². The van der Waals surface area contributed by atoms with Gasteiger partial charge >= 0.3 is 0 Å². The van der Waals surface area contributed by atoms with E-state index in [1.165, 1.54) is 0 Å². The summed E-state index contributed by atoms with van der Waals surface area (Å²) in [5.41, 5.74) is 1.16. The van der Waals surface area contributed by atoms with Gasteiger partial charge in [0.1, 0.15) is 11.5 Å². The predicted octanol–water partition coefficient (Wildman–Crippen LogP) is 4.75. The summed E-state index contributed by atoms with van der Waals surface area (Å²) in [6.45, 7) is 0. The zero-order valence-electron chi connectivity index (χ0n) is 11.8. The Balaban J connectivity index is 1.78. The van der Waals surface area contributed by atoms with Crippen molar-refractivity contribution in [2.45, 2.75) is 17.7 Å². The molecule has 0 fully saturated rings. The largest absolute Gasteiger partial charge is 0.497 e. The number of ketones is 1. The van der Waals surface area contributed by atoms with E-state index in [-0.39, 0.29) is 5.78 Å². The van der Waals surface area contributed by atoms with Gasteiger partial charge in [0.2, 0.25) is 0 Å². The normalized spacial score (nSPS) is 10.4. The van der Waals surface area contributed by atoms with Gasteiger partial charge in [-0.1, -0.05) is 24.3 Å². The maximum atomic E-state index is 12.0. The summed E-state index contributed by atoms with van der Waals surface area (Å²) in [7, 11) is 1.65. The van der Waals surface area contributed by atoms with Crippen molar-refractivity contribution in [1.29, 1.82) is 0 Å². The first-order valence-corrected chi connectivity index (χ1v) is 8.49. The molecule has 4 heteroatoms. The lowest BCUT2D eigenvalue weighted by Crippen LogP contribution is -2.03. The van der Waals surface area contributed by atoms with Crippen LogP contribution in [-0.2, 0) is 11.2 Å². The quantitative estimate of drug-likeness (QED) is 0.663. The maximum Gasteiger partial charge on any atom is 0.143 e. The average Bonchev–Trinajstić information content (AvgIpc) is 2.52. The van der Waals surface area contributed by atoms with Crippen molar-refractivity contribution in [2.24, 2.45) is 0 Å². The van der Waals surface area contributed by atoms with Crippen LogP contribution in [-0.4, -0.2) is 18.6 Å². The third kappa shape index (κ3) is 5.21. The van der Waals surface area contributed by atoms with Gasteiger partial charge in [-0.3, -0.25) is 4.79 Å². The van der Waals surface area contributed by atoms with Crippen molar-refractivity contribution in [3.63, 3.8) is 0 Å². The molecule has 0 aliphatic heterocycles. The SMILES string of the molecule is COc1ccc(CCC(=O)CSc2ccccc2Br)cc1. The van der Waals surface area contributed by atoms with Crippen molar-refractivity contribution in [2.75, 3.05) is 12.9 Å². The number of carbonyl (C=O) groups is 1. The van der Waals surface area contributed by atoms with Crippen LogP contribution < -0.4 is 4.74 Å². The van der Waals surface area contributed by atoms with Crippen molar-refractivity contribution in [3.8, 4) is 5.75 Å². The van der Waals surface area contributed by atoms with E-state index >= 15 is 0 Å². The van der Waals surface area contributed by atoms with Gasteiger partial charge in [0.25, 0.3) is 0 Å². The van der Waals surface area contributed by atoms with Crippen LogP contribution in [0, 0.1) is 0 Å². The van der Waals surface area contributed by atoms with E-state index in [4.69, 9.17) is 4.74 Å². The number of rotatable bonds is 7. The van der Waals surface area contributed by atoms with Crippen LogP contribution in [0.5, 0.6) is 5.75 Å². The fourth-order valence-electron chi connectivity index (χ4n) is 1.87. The van der Waals surface area contributed by atoms with Gasteiger partial charge in [-0.25, -0.2) is 0 Å². The van der Waals surface area contributed by atoms with Crippen LogP contribution in [0.1, 0.15) is 12.0 Å². The summed E-state index contributed by atoms with van der Waals surface area (Å²) in [6.07, 6.45) is 1.35. The zero-order chi connectivity index (χ0) is 15.1. The standard InChI is InChI=1S/C17H17BrO2S/c1-20-15-10-7-13(8-11-15)6-9-14(19)12-21-17-5-3-2-4-16(17)18/h2-5,7-8,10-11H,6,9,12H2,1H3. The molecule has 0 aliphatic carbocycles. The number of hydrogen-bond acceptors (Lipinski definition) is 3. The molecular weight excluding hydrogens is 348 g/mol. The molecule has 0 radical (unpaired) electrons. The number of ether oxygens (including phenoxy) is 1. The van der Waals surface area contributed by atoms with E-state index in [2.05, 4.69) is 15.9 Å². The molecular formula is C17H17BrO2S. The molecule has 0 aliphatic rings. The molecule has 0 unspecified atom stereocenters. The minimum Gasteiger partial charge on any atom is -0.497 e. The third-order valence-electron chi connectivity index (χ3n) is 3.08. The molecule has 0 amide bonds. The Kier molecular flexibility index (Phi) is 6.33. The number of thioether (sulfide) groups is 1. The highest BCUT2D eigenvalue weighted by Gasteiger charge is 2.06. The van der Waals surface area contributed by atoms with Crippen LogP contribution in [0.4, 0.5) is 0 Å². The van der Waals surface area contributed by atoms with Crippen LogP contribution in [0.25, 0.3) is 0 Å². The van der Waals surface area contributed by atoms with Crippen molar-refractivity contribution >= 4 is 33.5 Å². The van der Waals surface area contributed by atoms with Crippen LogP contribution in [0.3, 0.4) is 0 Å². The Morgan fingerprint density at radius 2 is 1.86 bits per heavy atom. The van der Waals surface area contributed by atoms with Gasteiger partial charge in [-0.2, -0.15) is 0 Å². The van der Waals surface area contributed by atoms with Crippen molar-refractivity contribution in [3.05, 3.63) is 58.6 Å². The fraction of sp³-hybridized carbons (Fsp3) is 0.235. The molecule has 21 heavy (non-hydrogen) atoms. The summed E-state index contributed by atoms with van der Waals surface area (Å²) >= 11 is 5.07. The second-order valence-electron chi connectivity index (χ2n) is 4.61. The highest BCUT2D eigenvalue weighted by Crippen LogP contribution is 2.27. The molecule has 2 nitrogen and oxygen atoms in total. The van der Waals surface area contributed by atoms with Crippen LogP contribution in [0.15, 0.2) is 57.9 Å². The zero-order valence-corrected chi connectivity index (χ0v) is 14.2.